The number of hydrogen-bond acceptors (Lipinski definition) is 6. The highest BCUT2D eigenvalue weighted by molar-refractivity contribution is 7.87. The van der Waals surface area contributed by atoms with Gasteiger partial charge in [0, 0.05) is 18.9 Å². The summed E-state index contributed by atoms with van der Waals surface area (Å²) < 4.78 is 73.9. The van der Waals surface area contributed by atoms with Crippen LogP contribution < -0.4 is 0 Å². The van der Waals surface area contributed by atoms with E-state index in [1.807, 2.05) is 0 Å². The summed E-state index contributed by atoms with van der Waals surface area (Å²) in [5.41, 5.74) is -1.59. The van der Waals surface area contributed by atoms with E-state index >= 15 is 0 Å². The lowest BCUT2D eigenvalue weighted by molar-refractivity contribution is -0.333. The lowest BCUT2D eigenvalue weighted by atomic mass is 9.31. The lowest BCUT2D eigenvalue weighted by Gasteiger charge is -2.75. The summed E-state index contributed by atoms with van der Waals surface area (Å²) in [6.45, 7) is 1.88. The van der Waals surface area contributed by atoms with Gasteiger partial charge >= 0.3 is 21.3 Å². The van der Waals surface area contributed by atoms with Crippen LogP contribution in [0.15, 0.2) is 0 Å². The zero-order valence-electron chi connectivity index (χ0n) is 14.5. The van der Waals surface area contributed by atoms with Gasteiger partial charge in [0.05, 0.1) is 5.60 Å². The zero-order valence-corrected chi connectivity index (χ0v) is 15.4. The van der Waals surface area contributed by atoms with Crippen molar-refractivity contribution in [1.82, 2.24) is 0 Å². The van der Waals surface area contributed by atoms with Gasteiger partial charge < -0.3 is 14.2 Å². The first-order valence-corrected chi connectivity index (χ1v) is 10.1. The predicted octanol–water partition coefficient (Wildman–Crippen LogP) is 1.97. The molecule has 4 rings (SSSR count). The number of halogens is 2. The van der Waals surface area contributed by atoms with Gasteiger partial charge in [0.2, 0.25) is 0 Å². The molecule has 2 bridgehead atoms. The molecule has 10 heteroatoms. The van der Waals surface area contributed by atoms with E-state index in [0.717, 1.165) is 19.3 Å². The van der Waals surface area contributed by atoms with Crippen molar-refractivity contribution in [3.8, 4) is 0 Å². The van der Waals surface area contributed by atoms with E-state index in [1.165, 1.54) is 7.11 Å². The maximum Gasteiger partial charge on any atom is 0.465 e. The maximum atomic E-state index is 13.7. The molecule has 0 aromatic rings. The van der Waals surface area contributed by atoms with Crippen molar-refractivity contribution in [2.45, 2.75) is 55.5 Å². The summed E-state index contributed by atoms with van der Waals surface area (Å²) in [5, 5.41) is -4.97. The molecule has 0 radical (unpaired) electrons. The number of ether oxygens (including phenoxy) is 3. The van der Waals surface area contributed by atoms with Crippen molar-refractivity contribution in [1.29, 1.82) is 0 Å². The fraction of sp³-hybridized carbons (Fsp3) is 0.938. The topological polar surface area (TPSA) is 99.1 Å². The first-order chi connectivity index (χ1) is 12.0. The molecule has 148 valence electrons. The Morgan fingerprint density at radius 2 is 2.00 bits per heavy atom. The highest BCUT2D eigenvalue weighted by Crippen LogP contribution is 2.86. The van der Waals surface area contributed by atoms with Gasteiger partial charge in [-0.2, -0.15) is 17.2 Å². The molecule has 4 saturated carbocycles. The number of fused-ring (bicyclic) bond motifs is 1. The van der Waals surface area contributed by atoms with Crippen LogP contribution in [-0.4, -0.2) is 49.3 Å². The van der Waals surface area contributed by atoms with Crippen LogP contribution in [0.1, 0.15) is 39.0 Å². The molecule has 0 saturated heterocycles. The fourth-order valence-corrected chi connectivity index (χ4v) is 6.91. The van der Waals surface area contributed by atoms with Crippen LogP contribution >= 0.6 is 0 Å². The third kappa shape index (κ3) is 1.91. The first-order valence-electron chi connectivity index (χ1n) is 8.70. The second-order valence-electron chi connectivity index (χ2n) is 8.16. The standard InChI is InChI=1S/C16H22F2O7S/c1-3-15(25-12(19)16(17,18)26(20,21)22)10-4-9-5-13(24-8-23-2)6-11(15)14(9,10)7-13/h9-11H,3-8H2,1-2H3,(H,20,21,22). The number of esters is 1. The second-order valence-corrected chi connectivity index (χ2v) is 9.62. The van der Waals surface area contributed by atoms with Crippen molar-refractivity contribution in [2.75, 3.05) is 13.9 Å². The quantitative estimate of drug-likeness (QED) is 0.399. The van der Waals surface area contributed by atoms with Gasteiger partial charge in [-0.05, 0) is 43.4 Å². The molecule has 0 aliphatic heterocycles. The largest absolute Gasteiger partial charge is 0.465 e. The molecule has 26 heavy (non-hydrogen) atoms. The summed E-state index contributed by atoms with van der Waals surface area (Å²) in [5.74, 6) is -2.01. The van der Waals surface area contributed by atoms with Crippen LogP contribution in [-0.2, 0) is 29.1 Å². The lowest BCUT2D eigenvalue weighted by Crippen LogP contribution is -2.77. The molecule has 6 atom stereocenters. The molecule has 0 aromatic carbocycles. The molecule has 7 nitrogen and oxygen atoms in total. The Kier molecular flexibility index (Phi) is 3.67. The number of hydrogen-bond donors (Lipinski definition) is 1. The van der Waals surface area contributed by atoms with E-state index in [0.29, 0.717) is 18.8 Å². The monoisotopic (exact) mass is 396 g/mol. The minimum Gasteiger partial charge on any atom is -0.453 e. The molecule has 0 aromatic heterocycles. The van der Waals surface area contributed by atoms with E-state index in [-0.39, 0.29) is 24.0 Å². The Morgan fingerprint density at radius 3 is 2.58 bits per heavy atom. The Labute approximate surface area is 150 Å². The van der Waals surface area contributed by atoms with E-state index in [1.54, 1.807) is 6.92 Å². The van der Waals surface area contributed by atoms with Gasteiger partial charge in [0.25, 0.3) is 0 Å². The van der Waals surface area contributed by atoms with E-state index in [4.69, 9.17) is 18.8 Å². The van der Waals surface area contributed by atoms with E-state index in [2.05, 4.69) is 0 Å². The van der Waals surface area contributed by atoms with Crippen molar-refractivity contribution in [3.63, 3.8) is 0 Å². The fourth-order valence-electron chi connectivity index (χ4n) is 6.66. The van der Waals surface area contributed by atoms with Crippen LogP contribution in [0.5, 0.6) is 0 Å². The minimum absolute atomic E-state index is 0.0720. The molecule has 4 aliphatic rings. The number of carbonyl (C=O) groups is 1. The normalized spacial score (nSPS) is 45.7. The predicted molar refractivity (Wildman–Crippen MR) is 82.7 cm³/mol. The van der Waals surface area contributed by atoms with Gasteiger partial charge in [-0.1, -0.05) is 6.92 Å². The number of carbonyl (C=O) groups excluding carboxylic acids is 1. The van der Waals surface area contributed by atoms with Crippen LogP contribution in [0.25, 0.3) is 0 Å². The van der Waals surface area contributed by atoms with Crippen molar-refractivity contribution in [2.24, 2.45) is 23.2 Å². The van der Waals surface area contributed by atoms with Gasteiger partial charge in [-0.3, -0.25) is 4.55 Å². The Bertz CT molecular complexity index is 756. The van der Waals surface area contributed by atoms with Gasteiger partial charge in [0.15, 0.2) is 0 Å². The van der Waals surface area contributed by atoms with Crippen LogP contribution in [0, 0.1) is 23.2 Å². The summed E-state index contributed by atoms with van der Waals surface area (Å²) in [7, 11) is -4.35. The summed E-state index contributed by atoms with van der Waals surface area (Å²) in [4.78, 5) is 11.9. The molecule has 0 heterocycles. The summed E-state index contributed by atoms with van der Waals surface area (Å²) in [6, 6.07) is 0. The SMILES string of the molecule is CCC1(OC(=O)C(F)(F)S(=O)(=O)O)C2CC3CC4(OCOC)CC1C32C4. The molecular formula is C16H22F2O7S. The molecular weight excluding hydrogens is 374 g/mol. The maximum absolute atomic E-state index is 13.7. The summed E-state index contributed by atoms with van der Waals surface area (Å²) in [6.07, 6.45) is 3.30. The van der Waals surface area contributed by atoms with Crippen molar-refractivity contribution >= 4 is 16.1 Å². The van der Waals surface area contributed by atoms with Crippen LogP contribution in [0.2, 0.25) is 0 Å². The molecule has 6 unspecified atom stereocenters. The number of methoxy groups -OCH3 is 1. The highest BCUT2D eigenvalue weighted by Gasteiger charge is 2.88. The minimum atomic E-state index is -5.88. The van der Waals surface area contributed by atoms with Gasteiger partial charge in [-0.15, -0.1) is 0 Å². The van der Waals surface area contributed by atoms with E-state index in [9.17, 15) is 22.0 Å². The Balaban J connectivity index is 1.60. The van der Waals surface area contributed by atoms with Gasteiger partial charge in [0.1, 0.15) is 12.4 Å². The highest BCUT2D eigenvalue weighted by atomic mass is 32.2. The smallest absolute Gasteiger partial charge is 0.453 e. The summed E-state index contributed by atoms with van der Waals surface area (Å²) >= 11 is 0. The van der Waals surface area contributed by atoms with Crippen molar-refractivity contribution in [3.05, 3.63) is 0 Å². The molecule has 1 spiro atoms. The first kappa shape index (κ1) is 18.5. The van der Waals surface area contributed by atoms with Crippen LogP contribution in [0.4, 0.5) is 8.78 Å². The third-order valence-electron chi connectivity index (χ3n) is 7.46. The zero-order chi connectivity index (χ0) is 19.2. The molecule has 0 amide bonds. The third-order valence-corrected chi connectivity index (χ3v) is 8.27. The average molecular weight is 396 g/mol. The Morgan fingerprint density at radius 1 is 1.31 bits per heavy atom. The van der Waals surface area contributed by atoms with Gasteiger partial charge in [-0.25, -0.2) is 4.79 Å². The molecule has 1 N–H and O–H groups in total. The second kappa shape index (κ2) is 5.15. The van der Waals surface area contributed by atoms with E-state index < -0.39 is 32.5 Å². The number of rotatable bonds is 7. The Hall–Kier alpha value is -0.840. The average Bonchev–Trinajstić information content (AvgIpc) is 3.02. The van der Waals surface area contributed by atoms with Crippen molar-refractivity contribution < 1.29 is 40.8 Å². The molecule has 4 fully saturated rings. The van der Waals surface area contributed by atoms with Crippen LogP contribution in [0.3, 0.4) is 0 Å². The number of alkyl halides is 2. The molecule has 4 aliphatic carbocycles.